The highest BCUT2D eigenvalue weighted by molar-refractivity contribution is 5.39. The fraction of sp³-hybridized carbons (Fsp3) is 1.00. The standard InChI is InChI=1S/C8H13NO/c1-7-4-6-2-3-8(7,5-10)9(6)7/h6,10H,2-5H2,1H3. The average Bonchev–Trinajstić information content (AvgIpc) is 2.20. The Morgan fingerprint density at radius 2 is 2.50 bits per heavy atom. The van der Waals surface area contributed by atoms with Gasteiger partial charge in [-0.1, -0.05) is 0 Å². The molecule has 0 amide bonds. The minimum Gasteiger partial charge on any atom is -0.394 e. The summed E-state index contributed by atoms with van der Waals surface area (Å²) in [6.07, 6.45) is 3.91. The molecule has 3 aliphatic heterocycles. The molecule has 2 heteroatoms. The lowest BCUT2D eigenvalue weighted by Crippen LogP contribution is -2.41. The van der Waals surface area contributed by atoms with Crippen LogP contribution in [0, 0.1) is 0 Å². The molecule has 0 aromatic heterocycles. The maximum atomic E-state index is 9.19. The summed E-state index contributed by atoms with van der Waals surface area (Å²) in [7, 11) is 0. The van der Waals surface area contributed by atoms with Crippen molar-refractivity contribution in [1.82, 2.24) is 4.90 Å². The lowest BCUT2D eigenvalue weighted by atomic mass is 9.78. The first-order valence-electron chi connectivity index (χ1n) is 4.15. The SMILES string of the molecule is CC12CC3CCC1(CO)N32. The van der Waals surface area contributed by atoms with Gasteiger partial charge in [0.1, 0.15) is 0 Å². The Hall–Kier alpha value is -0.0800. The number of hydrogen-bond donors (Lipinski definition) is 1. The van der Waals surface area contributed by atoms with Gasteiger partial charge in [0.15, 0.2) is 0 Å². The van der Waals surface area contributed by atoms with Crippen molar-refractivity contribution in [2.75, 3.05) is 6.61 Å². The van der Waals surface area contributed by atoms with Crippen molar-refractivity contribution in [1.29, 1.82) is 0 Å². The third-order valence-corrected chi connectivity index (χ3v) is 4.10. The van der Waals surface area contributed by atoms with Gasteiger partial charge in [0.25, 0.3) is 0 Å². The van der Waals surface area contributed by atoms with Crippen molar-refractivity contribution in [3.8, 4) is 0 Å². The Labute approximate surface area is 60.8 Å². The minimum atomic E-state index is 0.262. The first-order chi connectivity index (χ1) is 4.74. The van der Waals surface area contributed by atoms with Crippen LogP contribution in [-0.4, -0.2) is 33.7 Å². The maximum Gasteiger partial charge on any atom is 0.0633 e. The van der Waals surface area contributed by atoms with Gasteiger partial charge in [0, 0.05) is 11.6 Å². The van der Waals surface area contributed by atoms with Gasteiger partial charge in [0.2, 0.25) is 0 Å². The van der Waals surface area contributed by atoms with Crippen LogP contribution in [0.1, 0.15) is 26.2 Å². The highest BCUT2D eigenvalue weighted by Gasteiger charge is 2.83. The molecular weight excluding hydrogens is 126 g/mol. The third-order valence-electron chi connectivity index (χ3n) is 4.10. The molecule has 10 heavy (non-hydrogen) atoms. The largest absolute Gasteiger partial charge is 0.394 e. The van der Waals surface area contributed by atoms with E-state index in [4.69, 9.17) is 0 Å². The summed E-state index contributed by atoms with van der Waals surface area (Å²) < 4.78 is 0. The molecule has 0 saturated carbocycles. The summed E-state index contributed by atoms with van der Waals surface area (Å²) >= 11 is 0. The zero-order valence-electron chi connectivity index (χ0n) is 6.30. The molecule has 0 bridgehead atoms. The zero-order valence-corrected chi connectivity index (χ0v) is 6.30. The Morgan fingerprint density at radius 1 is 1.70 bits per heavy atom. The summed E-state index contributed by atoms with van der Waals surface area (Å²) in [5, 5.41) is 9.19. The second-order valence-corrected chi connectivity index (χ2v) is 4.23. The van der Waals surface area contributed by atoms with E-state index in [9.17, 15) is 5.11 Å². The van der Waals surface area contributed by atoms with Crippen LogP contribution in [0.25, 0.3) is 0 Å². The molecule has 0 aliphatic carbocycles. The molecule has 0 aromatic carbocycles. The summed E-state index contributed by atoms with van der Waals surface area (Å²) in [6.45, 7) is 2.68. The Balaban J connectivity index is 2.02. The van der Waals surface area contributed by atoms with Gasteiger partial charge in [0.05, 0.1) is 12.1 Å². The number of piperidine rings is 1. The number of aliphatic hydroxyl groups excluding tert-OH is 1. The molecule has 3 aliphatic rings. The number of nitrogens with zero attached hydrogens (tertiary/aromatic N) is 1. The van der Waals surface area contributed by atoms with E-state index in [1.165, 1.54) is 19.3 Å². The van der Waals surface area contributed by atoms with Crippen LogP contribution in [0.4, 0.5) is 0 Å². The van der Waals surface area contributed by atoms with E-state index < -0.39 is 0 Å². The van der Waals surface area contributed by atoms with E-state index in [2.05, 4.69) is 11.8 Å². The molecule has 0 radical (unpaired) electrons. The smallest absolute Gasteiger partial charge is 0.0633 e. The van der Waals surface area contributed by atoms with E-state index in [0.29, 0.717) is 12.1 Å². The van der Waals surface area contributed by atoms with E-state index >= 15 is 0 Å². The van der Waals surface area contributed by atoms with Gasteiger partial charge >= 0.3 is 0 Å². The second kappa shape index (κ2) is 1.16. The summed E-state index contributed by atoms with van der Waals surface area (Å²) in [5.41, 5.74) is 0.697. The highest BCUT2D eigenvalue weighted by Crippen LogP contribution is 2.71. The first kappa shape index (κ1) is 5.56. The van der Waals surface area contributed by atoms with Crippen LogP contribution >= 0.6 is 0 Å². The number of fused-ring (bicyclic) bond motifs is 1. The van der Waals surface area contributed by atoms with Crippen LogP contribution in [0.15, 0.2) is 0 Å². The second-order valence-electron chi connectivity index (χ2n) is 4.23. The van der Waals surface area contributed by atoms with Crippen LogP contribution in [-0.2, 0) is 0 Å². The third kappa shape index (κ3) is 0.278. The molecule has 4 unspecified atom stereocenters. The molecule has 0 spiro atoms. The molecule has 2 nitrogen and oxygen atoms in total. The fourth-order valence-electron chi connectivity index (χ4n) is 3.51. The number of hydrogen-bond acceptors (Lipinski definition) is 2. The Morgan fingerprint density at radius 3 is 2.80 bits per heavy atom. The Kier molecular flexibility index (Phi) is 0.647. The molecule has 3 saturated heterocycles. The number of rotatable bonds is 1. The van der Waals surface area contributed by atoms with Gasteiger partial charge in [-0.25, -0.2) is 0 Å². The summed E-state index contributed by atoms with van der Waals surface area (Å²) in [4.78, 5) is 2.51. The molecule has 4 atom stereocenters. The highest BCUT2D eigenvalue weighted by atomic mass is 16.3. The quantitative estimate of drug-likeness (QED) is 0.530. The first-order valence-corrected chi connectivity index (χ1v) is 4.15. The minimum absolute atomic E-state index is 0.262. The molecule has 56 valence electrons. The maximum absolute atomic E-state index is 9.19. The lowest BCUT2D eigenvalue weighted by molar-refractivity contribution is 0.183. The van der Waals surface area contributed by atoms with Gasteiger partial charge in [-0.05, 0) is 26.2 Å². The molecule has 0 aromatic rings. The summed E-state index contributed by atoms with van der Waals surface area (Å²) in [5.74, 6) is 0. The summed E-state index contributed by atoms with van der Waals surface area (Å²) in [6, 6.07) is 0.845. The number of aliphatic hydroxyl groups is 1. The van der Waals surface area contributed by atoms with Crippen LogP contribution in [0.5, 0.6) is 0 Å². The Bertz CT molecular complexity index is 205. The average molecular weight is 139 g/mol. The molecular formula is C8H13NO. The normalized spacial score (nSPS) is 69.0. The van der Waals surface area contributed by atoms with Crippen LogP contribution in [0.2, 0.25) is 0 Å². The van der Waals surface area contributed by atoms with E-state index in [1.807, 2.05) is 0 Å². The van der Waals surface area contributed by atoms with Crippen LogP contribution in [0.3, 0.4) is 0 Å². The van der Waals surface area contributed by atoms with Crippen LogP contribution < -0.4 is 0 Å². The van der Waals surface area contributed by atoms with Gasteiger partial charge < -0.3 is 5.11 Å². The van der Waals surface area contributed by atoms with E-state index in [0.717, 1.165) is 6.04 Å². The molecule has 3 heterocycles. The lowest BCUT2D eigenvalue weighted by Gasteiger charge is -2.34. The molecule has 1 N–H and O–H groups in total. The molecule has 3 fully saturated rings. The van der Waals surface area contributed by atoms with Gasteiger partial charge in [-0.3, -0.25) is 4.90 Å². The van der Waals surface area contributed by atoms with Crippen molar-refractivity contribution in [2.45, 2.75) is 43.3 Å². The fourth-order valence-corrected chi connectivity index (χ4v) is 3.51. The predicted molar refractivity (Wildman–Crippen MR) is 37.7 cm³/mol. The van der Waals surface area contributed by atoms with Crippen molar-refractivity contribution in [3.05, 3.63) is 0 Å². The predicted octanol–water partition coefficient (Wildman–Crippen LogP) is 0.358. The van der Waals surface area contributed by atoms with Crippen molar-refractivity contribution in [2.24, 2.45) is 0 Å². The van der Waals surface area contributed by atoms with Gasteiger partial charge in [-0.2, -0.15) is 0 Å². The van der Waals surface area contributed by atoms with E-state index in [-0.39, 0.29) is 5.54 Å². The van der Waals surface area contributed by atoms with Crippen molar-refractivity contribution < 1.29 is 5.11 Å². The van der Waals surface area contributed by atoms with E-state index in [1.54, 1.807) is 0 Å². The van der Waals surface area contributed by atoms with Gasteiger partial charge in [-0.15, -0.1) is 0 Å². The molecule has 3 rings (SSSR count). The monoisotopic (exact) mass is 139 g/mol. The topological polar surface area (TPSA) is 23.2 Å². The zero-order chi connectivity index (χ0) is 6.98. The van der Waals surface area contributed by atoms with Crippen molar-refractivity contribution in [3.63, 3.8) is 0 Å². The van der Waals surface area contributed by atoms with Crippen molar-refractivity contribution >= 4 is 0 Å².